The zero-order valence-corrected chi connectivity index (χ0v) is 19.5. The van der Waals surface area contributed by atoms with Crippen LogP contribution in [0.15, 0.2) is 45.8 Å². The standard InChI is InChI=1S/C21H25BrN2O5S/c1-24(2)30(26,27)20-12-14(8-10-17(20)22)21(25)23-15-9-11-18(28-3)19(13-15)29-16-6-4-5-7-16/h8-13,16H,4-7H2,1-3H3,(H,23,25). The number of methoxy groups -OCH3 is 1. The number of halogens is 1. The van der Waals surface area contributed by atoms with Crippen molar-refractivity contribution in [2.45, 2.75) is 36.7 Å². The van der Waals surface area contributed by atoms with Crippen LogP contribution in [0.2, 0.25) is 0 Å². The summed E-state index contributed by atoms with van der Waals surface area (Å²) in [6, 6.07) is 9.65. The summed E-state index contributed by atoms with van der Waals surface area (Å²) in [5.41, 5.74) is 0.765. The Balaban J connectivity index is 1.84. The van der Waals surface area contributed by atoms with Crippen LogP contribution in [-0.4, -0.2) is 45.9 Å². The van der Waals surface area contributed by atoms with E-state index in [-0.39, 0.29) is 16.6 Å². The molecule has 0 atom stereocenters. The molecule has 0 radical (unpaired) electrons. The number of nitrogens with zero attached hydrogens (tertiary/aromatic N) is 1. The van der Waals surface area contributed by atoms with Crippen molar-refractivity contribution in [1.29, 1.82) is 0 Å². The van der Waals surface area contributed by atoms with E-state index in [0.717, 1.165) is 30.0 Å². The van der Waals surface area contributed by atoms with Gasteiger partial charge in [0.2, 0.25) is 10.0 Å². The summed E-state index contributed by atoms with van der Waals surface area (Å²) in [5, 5.41) is 2.80. The van der Waals surface area contributed by atoms with Gasteiger partial charge in [0.1, 0.15) is 0 Å². The van der Waals surface area contributed by atoms with Gasteiger partial charge in [-0.3, -0.25) is 4.79 Å². The maximum Gasteiger partial charge on any atom is 0.255 e. The monoisotopic (exact) mass is 496 g/mol. The largest absolute Gasteiger partial charge is 0.493 e. The number of sulfonamides is 1. The van der Waals surface area contributed by atoms with Gasteiger partial charge in [-0.15, -0.1) is 0 Å². The van der Waals surface area contributed by atoms with E-state index in [1.165, 1.54) is 20.2 Å². The van der Waals surface area contributed by atoms with Crippen LogP contribution >= 0.6 is 15.9 Å². The van der Waals surface area contributed by atoms with Crippen molar-refractivity contribution in [1.82, 2.24) is 4.31 Å². The first kappa shape index (κ1) is 22.6. The van der Waals surface area contributed by atoms with Crippen LogP contribution in [-0.2, 0) is 10.0 Å². The first-order chi connectivity index (χ1) is 14.2. The lowest BCUT2D eigenvalue weighted by molar-refractivity contribution is 0.102. The van der Waals surface area contributed by atoms with Crippen LogP contribution in [0.4, 0.5) is 5.69 Å². The predicted molar refractivity (Wildman–Crippen MR) is 119 cm³/mol. The molecule has 7 nitrogen and oxygen atoms in total. The molecule has 1 aliphatic rings. The number of anilines is 1. The zero-order valence-electron chi connectivity index (χ0n) is 17.1. The molecular formula is C21H25BrN2O5S. The summed E-state index contributed by atoms with van der Waals surface area (Å²) in [6.45, 7) is 0. The maximum atomic E-state index is 12.8. The summed E-state index contributed by atoms with van der Waals surface area (Å²) in [4.78, 5) is 12.8. The molecule has 1 amide bonds. The number of amides is 1. The highest BCUT2D eigenvalue weighted by Crippen LogP contribution is 2.34. The molecule has 0 aliphatic heterocycles. The van der Waals surface area contributed by atoms with E-state index in [0.29, 0.717) is 21.7 Å². The minimum absolute atomic E-state index is 0.0279. The Bertz CT molecular complexity index is 1030. The van der Waals surface area contributed by atoms with Crippen molar-refractivity contribution in [3.8, 4) is 11.5 Å². The van der Waals surface area contributed by atoms with Crippen molar-refractivity contribution in [2.75, 3.05) is 26.5 Å². The Hall–Kier alpha value is -2.10. The zero-order chi connectivity index (χ0) is 21.9. The van der Waals surface area contributed by atoms with Crippen molar-refractivity contribution in [3.63, 3.8) is 0 Å². The van der Waals surface area contributed by atoms with Gasteiger partial charge in [0.25, 0.3) is 5.91 Å². The van der Waals surface area contributed by atoms with Crippen LogP contribution in [0.5, 0.6) is 11.5 Å². The lowest BCUT2D eigenvalue weighted by Crippen LogP contribution is -2.23. The van der Waals surface area contributed by atoms with Gasteiger partial charge in [0.15, 0.2) is 11.5 Å². The number of benzene rings is 2. The summed E-state index contributed by atoms with van der Waals surface area (Å²) in [5.74, 6) is 0.756. The van der Waals surface area contributed by atoms with E-state index in [4.69, 9.17) is 9.47 Å². The minimum atomic E-state index is -3.70. The van der Waals surface area contributed by atoms with Gasteiger partial charge >= 0.3 is 0 Å². The number of rotatable bonds is 7. The molecule has 1 N–H and O–H groups in total. The molecule has 2 aromatic rings. The third-order valence-corrected chi connectivity index (χ3v) is 7.78. The van der Waals surface area contributed by atoms with Crippen molar-refractivity contribution in [3.05, 3.63) is 46.4 Å². The molecule has 1 saturated carbocycles. The second kappa shape index (κ2) is 9.36. The van der Waals surface area contributed by atoms with E-state index in [2.05, 4.69) is 21.2 Å². The number of hydrogen-bond acceptors (Lipinski definition) is 5. The molecule has 162 valence electrons. The van der Waals surface area contributed by atoms with Gasteiger partial charge in [-0.2, -0.15) is 0 Å². The Morgan fingerprint density at radius 1 is 1.10 bits per heavy atom. The van der Waals surface area contributed by atoms with Gasteiger partial charge in [-0.25, -0.2) is 12.7 Å². The Morgan fingerprint density at radius 3 is 2.43 bits per heavy atom. The molecule has 0 spiro atoms. The van der Waals surface area contributed by atoms with Crippen molar-refractivity contribution in [2.24, 2.45) is 0 Å². The van der Waals surface area contributed by atoms with Gasteiger partial charge in [-0.05, 0) is 71.9 Å². The fourth-order valence-electron chi connectivity index (χ4n) is 3.27. The number of nitrogens with one attached hydrogen (secondary N) is 1. The minimum Gasteiger partial charge on any atom is -0.493 e. The summed E-state index contributed by atoms with van der Waals surface area (Å²) in [7, 11) is 0.762. The third-order valence-electron chi connectivity index (χ3n) is 4.97. The smallest absolute Gasteiger partial charge is 0.255 e. The number of ether oxygens (including phenoxy) is 2. The van der Waals surface area contributed by atoms with E-state index in [9.17, 15) is 13.2 Å². The van der Waals surface area contributed by atoms with Crippen LogP contribution in [0.25, 0.3) is 0 Å². The number of carbonyl (C=O) groups excluding carboxylic acids is 1. The Labute approximate surface area is 185 Å². The lowest BCUT2D eigenvalue weighted by atomic mass is 10.2. The quantitative estimate of drug-likeness (QED) is 0.618. The summed E-state index contributed by atoms with van der Waals surface area (Å²) < 4.78 is 37.9. The molecule has 3 rings (SSSR count). The Morgan fingerprint density at radius 2 is 1.80 bits per heavy atom. The second-order valence-electron chi connectivity index (χ2n) is 7.28. The van der Waals surface area contributed by atoms with Gasteiger partial charge in [0, 0.05) is 35.9 Å². The average Bonchev–Trinajstić information content (AvgIpc) is 3.21. The number of hydrogen-bond donors (Lipinski definition) is 1. The SMILES string of the molecule is COc1ccc(NC(=O)c2ccc(Br)c(S(=O)(=O)N(C)C)c2)cc1OC1CCCC1. The second-order valence-corrected chi connectivity index (χ2v) is 10.3. The van der Waals surface area contributed by atoms with E-state index >= 15 is 0 Å². The first-order valence-electron chi connectivity index (χ1n) is 9.60. The van der Waals surface area contributed by atoms with E-state index < -0.39 is 15.9 Å². The third kappa shape index (κ3) is 4.96. The van der Waals surface area contributed by atoms with E-state index in [1.807, 2.05) is 0 Å². The molecule has 2 aromatic carbocycles. The molecule has 0 bridgehead atoms. The summed E-state index contributed by atoms with van der Waals surface area (Å²) >= 11 is 3.25. The van der Waals surface area contributed by atoms with Gasteiger partial charge < -0.3 is 14.8 Å². The molecule has 0 unspecified atom stereocenters. The van der Waals surface area contributed by atoms with Crippen LogP contribution in [0.3, 0.4) is 0 Å². The molecule has 9 heteroatoms. The number of carbonyl (C=O) groups is 1. The lowest BCUT2D eigenvalue weighted by Gasteiger charge is -2.17. The van der Waals surface area contributed by atoms with Crippen LogP contribution < -0.4 is 14.8 Å². The van der Waals surface area contributed by atoms with Crippen LogP contribution in [0.1, 0.15) is 36.0 Å². The fourth-order valence-corrected chi connectivity index (χ4v) is 5.12. The topological polar surface area (TPSA) is 84.9 Å². The highest BCUT2D eigenvalue weighted by Gasteiger charge is 2.23. The molecule has 1 fully saturated rings. The molecule has 1 aliphatic carbocycles. The fraction of sp³-hybridized carbons (Fsp3) is 0.381. The predicted octanol–water partition coefficient (Wildman–Crippen LogP) is 4.28. The van der Waals surface area contributed by atoms with Crippen molar-refractivity contribution >= 4 is 37.5 Å². The average molecular weight is 497 g/mol. The molecule has 0 saturated heterocycles. The van der Waals surface area contributed by atoms with E-state index in [1.54, 1.807) is 37.4 Å². The van der Waals surface area contributed by atoms with Crippen molar-refractivity contribution < 1.29 is 22.7 Å². The molecular weight excluding hydrogens is 472 g/mol. The summed E-state index contributed by atoms with van der Waals surface area (Å²) in [6.07, 6.45) is 4.44. The highest BCUT2D eigenvalue weighted by atomic mass is 79.9. The highest BCUT2D eigenvalue weighted by molar-refractivity contribution is 9.10. The molecule has 0 heterocycles. The maximum absolute atomic E-state index is 12.8. The van der Waals surface area contributed by atoms with Gasteiger partial charge in [0.05, 0.1) is 18.1 Å². The normalized spacial score (nSPS) is 14.7. The molecule has 0 aromatic heterocycles. The first-order valence-corrected chi connectivity index (χ1v) is 11.8. The van der Waals surface area contributed by atoms with Gasteiger partial charge in [-0.1, -0.05) is 0 Å². The Kier molecular flexibility index (Phi) is 7.05. The van der Waals surface area contributed by atoms with Crippen LogP contribution in [0, 0.1) is 0 Å². The molecule has 30 heavy (non-hydrogen) atoms.